The molecule has 0 aliphatic carbocycles. The van der Waals surface area contributed by atoms with Crippen LogP contribution in [0.2, 0.25) is 0 Å². The minimum Gasteiger partial charge on any atom is -0.478 e. The van der Waals surface area contributed by atoms with Gasteiger partial charge in [0.05, 0.1) is 11.1 Å². The maximum Gasteiger partial charge on any atom is 0.336 e. The molecule has 0 fully saturated rings. The lowest BCUT2D eigenvalue weighted by Crippen LogP contribution is -2.06. The number of benzene rings is 1. The molecule has 0 atom stereocenters. The molecule has 0 radical (unpaired) electrons. The van der Waals surface area contributed by atoms with Gasteiger partial charge in [-0.1, -0.05) is 12.1 Å². The predicted octanol–water partition coefficient (Wildman–Crippen LogP) is 1.31. The van der Waals surface area contributed by atoms with Gasteiger partial charge in [0.1, 0.15) is 19.4 Å². The van der Waals surface area contributed by atoms with Crippen molar-refractivity contribution in [2.45, 2.75) is 13.8 Å². The van der Waals surface area contributed by atoms with E-state index in [0.29, 0.717) is 0 Å². The number of carbonyl (C=O) groups is 5. The molecule has 1 rings (SSSR count). The van der Waals surface area contributed by atoms with Crippen molar-refractivity contribution in [2.75, 3.05) is 0 Å². The highest BCUT2D eigenvalue weighted by atomic mass is 16.4. The van der Waals surface area contributed by atoms with Crippen LogP contribution < -0.4 is 0 Å². The summed E-state index contributed by atoms with van der Waals surface area (Å²) >= 11 is 0. The fourth-order valence-electron chi connectivity index (χ4n) is 0.856. The lowest BCUT2D eigenvalue weighted by molar-refractivity contribution is -0.115. The number of ketones is 1. The number of hydrogen-bond acceptors (Lipinski definition) is 5. The van der Waals surface area contributed by atoms with Gasteiger partial charge in [-0.15, -0.1) is 0 Å². The van der Waals surface area contributed by atoms with E-state index in [9.17, 15) is 14.4 Å². The maximum atomic E-state index is 10.5. The summed E-state index contributed by atoms with van der Waals surface area (Å²) in [7, 11) is 0. The number of rotatable bonds is 2. The molecule has 0 amide bonds. The molecule has 1 aromatic carbocycles. The first-order valence-electron chi connectivity index (χ1n) is 4.96. The Balaban J connectivity index is -0.000000306. The van der Waals surface area contributed by atoms with Gasteiger partial charge in [0.15, 0.2) is 0 Å². The summed E-state index contributed by atoms with van der Waals surface area (Å²) in [6.07, 6.45) is 0. The van der Waals surface area contributed by atoms with Crippen molar-refractivity contribution in [1.82, 2.24) is 0 Å². The van der Waals surface area contributed by atoms with E-state index in [0.717, 1.165) is 0 Å². The molecule has 0 aromatic heterocycles. The number of carboxylic acid groups (broad SMARTS) is 2. The summed E-state index contributed by atoms with van der Waals surface area (Å²) < 4.78 is 0. The zero-order chi connectivity index (χ0) is 16.7. The van der Waals surface area contributed by atoms with Crippen LogP contribution in [0.5, 0.6) is 0 Å². The summed E-state index contributed by atoms with van der Waals surface area (Å²) in [6.45, 7) is 7.06. The average Bonchev–Trinajstić information content (AvgIpc) is 2.42. The van der Waals surface area contributed by atoms with Gasteiger partial charge >= 0.3 is 11.9 Å². The van der Waals surface area contributed by atoms with Gasteiger partial charge < -0.3 is 24.6 Å². The Bertz CT molecular complexity index is 401. The van der Waals surface area contributed by atoms with Crippen molar-refractivity contribution >= 4 is 31.3 Å². The van der Waals surface area contributed by atoms with Gasteiger partial charge in [-0.25, -0.2) is 9.59 Å². The van der Waals surface area contributed by atoms with Crippen LogP contribution in [0, 0.1) is 0 Å². The van der Waals surface area contributed by atoms with E-state index in [1.165, 1.54) is 38.1 Å². The lowest BCUT2D eigenvalue weighted by atomic mass is 10.1. The molecule has 0 saturated carbocycles. The molecule has 0 spiro atoms. The van der Waals surface area contributed by atoms with E-state index in [2.05, 4.69) is 0 Å². The van der Waals surface area contributed by atoms with Crippen LogP contribution in [0.3, 0.4) is 0 Å². The first kappa shape index (κ1) is 22.4. The van der Waals surface area contributed by atoms with E-state index in [-0.39, 0.29) is 16.9 Å². The number of Topliss-reactive ketones (excluding diaryl/α,β-unsaturated/α-hetero) is 1. The molecule has 2 N–H and O–H groups in total. The number of carboxylic acids is 2. The molecule has 0 heterocycles. The molecule has 20 heavy (non-hydrogen) atoms. The Hall–Kier alpha value is -2.83. The van der Waals surface area contributed by atoms with Crippen molar-refractivity contribution < 1.29 is 34.2 Å². The largest absolute Gasteiger partial charge is 0.478 e. The van der Waals surface area contributed by atoms with Gasteiger partial charge in [-0.3, -0.25) is 0 Å². The summed E-state index contributed by atoms with van der Waals surface area (Å²) in [5, 5.41) is 17.1. The fourth-order valence-corrected chi connectivity index (χ4v) is 0.856. The summed E-state index contributed by atoms with van der Waals surface area (Å²) in [5.41, 5.74) is -0.380. The normalized spacial score (nSPS) is 7.30. The molecule has 110 valence electrons. The number of hydrogen-bond donors (Lipinski definition) is 2. The van der Waals surface area contributed by atoms with Crippen molar-refractivity contribution in [3.8, 4) is 0 Å². The third kappa shape index (κ3) is 11.6. The maximum absolute atomic E-state index is 10.5. The number of carbonyl (C=O) groups excluding carboxylic acids is 3. The SMILES string of the molecule is C=O.C=O.CC(C)=O.O=C(O)c1ccccc1C(=O)O. The van der Waals surface area contributed by atoms with E-state index in [4.69, 9.17) is 19.8 Å². The van der Waals surface area contributed by atoms with Crippen LogP contribution in [0.4, 0.5) is 0 Å². The summed E-state index contributed by atoms with van der Waals surface area (Å²) in [6, 6.07) is 5.48. The van der Waals surface area contributed by atoms with Gasteiger partial charge in [-0.2, -0.15) is 0 Å². The molecule has 7 nitrogen and oxygen atoms in total. The summed E-state index contributed by atoms with van der Waals surface area (Å²) in [5.74, 6) is -2.29. The second-order valence-corrected chi connectivity index (χ2v) is 3.06. The van der Waals surface area contributed by atoms with Crippen molar-refractivity contribution in [1.29, 1.82) is 0 Å². The molecule has 0 bridgehead atoms. The molecule has 1 aromatic rings. The Kier molecular flexibility index (Phi) is 15.9. The minimum absolute atomic E-state index is 0.167. The smallest absolute Gasteiger partial charge is 0.336 e. The monoisotopic (exact) mass is 284 g/mol. The van der Waals surface area contributed by atoms with E-state index >= 15 is 0 Å². The van der Waals surface area contributed by atoms with Gasteiger partial charge in [0.2, 0.25) is 0 Å². The van der Waals surface area contributed by atoms with Crippen LogP contribution in [-0.2, 0) is 14.4 Å². The second kappa shape index (κ2) is 14.2. The molecular formula is C13H16O7. The zero-order valence-electron chi connectivity index (χ0n) is 11.2. The second-order valence-electron chi connectivity index (χ2n) is 3.06. The van der Waals surface area contributed by atoms with Crippen LogP contribution in [-0.4, -0.2) is 41.5 Å². The number of aromatic carboxylic acids is 2. The lowest BCUT2D eigenvalue weighted by Gasteiger charge is -1.98. The van der Waals surface area contributed by atoms with Gasteiger partial charge in [0.25, 0.3) is 0 Å². The molecule has 7 heteroatoms. The van der Waals surface area contributed by atoms with Crippen LogP contribution >= 0.6 is 0 Å². The molecule has 0 saturated heterocycles. The van der Waals surface area contributed by atoms with Gasteiger partial charge in [0, 0.05) is 0 Å². The summed E-state index contributed by atoms with van der Waals surface area (Å²) in [4.78, 5) is 46.4. The quantitative estimate of drug-likeness (QED) is 0.838. The topological polar surface area (TPSA) is 126 Å². The van der Waals surface area contributed by atoms with Crippen molar-refractivity contribution in [3.63, 3.8) is 0 Å². The third-order valence-electron chi connectivity index (χ3n) is 1.39. The van der Waals surface area contributed by atoms with Crippen molar-refractivity contribution in [3.05, 3.63) is 35.4 Å². The Morgan fingerprint density at radius 2 is 1.00 bits per heavy atom. The zero-order valence-corrected chi connectivity index (χ0v) is 11.2. The highest BCUT2D eigenvalue weighted by Crippen LogP contribution is 2.07. The third-order valence-corrected chi connectivity index (χ3v) is 1.39. The molecular weight excluding hydrogens is 268 g/mol. The van der Waals surface area contributed by atoms with E-state index in [1.807, 2.05) is 13.6 Å². The fraction of sp³-hybridized carbons (Fsp3) is 0.154. The van der Waals surface area contributed by atoms with Crippen molar-refractivity contribution in [2.24, 2.45) is 0 Å². The van der Waals surface area contributed by atoms with Crippen LogP contribution in [0.15, 0.2) is 24.3 Å². The van der Waals surface area contributed by atoms with Gasteiger partial charge in [-0.05, 0) is 26.0 Å². The first-order valence-corrected chi connectivity index (χ1v) is 4.96. The average molecular weight is 284 g/mol. The Morgan fingerprint density at radius 1 is 0.800 bits per heavy atom. The van der Waals surface area contributed by atoms with E-state index in [1.54, 1.807) is 0 Å². The van der Waals surface area contributed by atoms with Crippen LogP contribution in [0.1, 0.15) is 34.6 Å². The molecule has 0 aliphatic rings. The van der Waals surface area contributed by atoms with E-state index < -0.39 is 11.9 Å². The Morgan fingerprint density at radius 3 is 1.15 bits per heavy atom. The van der Waals surface area contributed by atoms with Crippen LogP contribution in [0.25, 0.3) is 0 Å². The first-order chi connectivity index (χ1) is 9.36. The highest BCUT2D eigenvalue weighted by Gasteiger charge is 2.13. The Labute approximate surface area is 115 Å². The molecule has 0 aliphatic heterocycles. The standard InChI is InChI=1S/C8H6O4.C3H6O.2CH2O/c9-7(10)5-3-1-2-4-6(5)8(11)12;1-3(2)4;2*1-2/h1-4H,(H,9,10)(H,11,12);1-2H3;2*1H2. The predicted molar refractivity (Wildman–Crippen MR) is 71.0 cm³/mol. The highest BCUT2D eigenvalue weighted by molar-refractivity contribution is 6.01. The molecule has 0 unspecified atom stereocenters. The minimum atomic E-state index is -1.23.